The van der Waals surface area contributed by atoms with Gasteiger partial charge in [-0.2, -0.15) is 0 Å². The molecule has 0 aliphatic heterocycles. The number of hydrogen-bond acceptors (Lipinski definition) is 6. The zero-order chi connectivity index (χ0) is 23.1. The van der Waals surface area contributed by atoms with Crippen molar-refractivity contribution in [3.63, 3.8) is 0 Å². The molecular weight excluding hydrogens is 457 g/mol. The number of hydrogen-bond donors (Lipinski definition) is 2. The Bertz CT molecular complexity index is 1100. The number of amides is 3. The van der Waals surface area contributed by atoms with E-state index >= 15 is 0 Å². The quantitative estimate of drug-likeness (QED) is 0.501. The second kappa shape index (κ2) is 10.7. The highest BCUT2D eigenvalue weighted by molar-refractivity contribution is 6.35. The van der Waals surface area contributed by atoms with Crippen LogP contribution >= 0.6 is 23.2 Å². The highest BCUT2D eigenvalue weighted by Gasteiger charge is 2.20. The van der Waals surface area contributed by atoms with Gasteiger partial charge in [0.15, 0.2) is 0 Å². The molecule has 0 aliphatic rings. The number of rotatable bonds is 7. The summed E-state index contributed by atoms with van der Waals surface area (Å²) >= 11 is 12.0. The molecule has 0 atom stereocenters. The van der Waals surface area contributed by atoms with Gasteiger partial charge in [0.05, 0.1) is 20.4 Å². The number of imide groups is 1. The first-order valence-corrected chi connectivity index (χ1v) is 10.0. The van der Waals surface area contributed by atoms with Gasteiger partial charge < -0.3 is 14.2 Å². The fraction of sp³-hybridized carbons (Fsp3) is 0.136. The predicted octanol–water partition coefficient (Wildman–Crippen LogP) is 4.95. The number of ether oxygens (including phenoxy) is 3. The Hall–Kier alpha value is -3.49. The van der Waals surface area contributed by atoms with Gasteiger partial charge in [-0.25, -0.2) is 9.78 Å². The number of anilines is 1. The molecule has 0 saturated carbocycles. The molecule has 3 amide bonds. The first-order chi connectivity index (χ1) is 15.4. The van der Waals surface area contributed by atoms with Gasteiger partial charge in [-0.15, -0.1) is 0 Å². The summed E-state index contributed by atoms with van der Waals surface area (Å²) < 4.78 is 16.0. The van der Waals surface area contributed by atoms with Crippen molar-refractivity contribution in [3.05, 3.63) is 75.9 Å². The van der Waals surface area contributed by atoms with Crippen LogP contribution in [0.25, 0.3) is 0 Å². The number of benzene rings is 2. The predicted molar refractivity (Wildman–Crippen MR) is 121 cm³/mol. The van der Waals surface area contributed by atoms with Crippen molar-refractivity contribution in [1.29, 1.82) is 0 Å². The van der Waals surface area contributed by atoms with Gasteiger partial charge >= 0.3 is 6.03 Å². The summed E-state index contributed by atoms with van der Waals surface area (Å²) in [6.45, 7) is 0.222. The van der Waals surface area contributed by atoms with Gasteiger partial charge in [0.2, 0.25) is 0 Å². The van der Waals surface area contributed by atoms with Crippen LogP contribution in [0.3, 0.4) is 0 Å². The third-order valence-electron chi connectivity index (χ3n) is 4.27. The lowest BCUT2D eigenvalue weighted by atomic mass is 10.1. The number of halogens is 2. The van der Waals surface area contributed by atoms with E-state index in [1.807, 2.05) is 0 Å². The summed E-state index contributed by atoms with van der Waals surface area (Å²) in [5.41, 5.74) is 0.869. The Labute approximate surface area is 194 Å². The van der Waals surface area contributed by atoms with Crippen LogP contribution in [0.1, 0.15) is 15.9 Å². The minimum atomic E-state index is -0.767. The number of aromatic nitrogens is 1. The average molecular weight is 476 g/mol. The molecular formula is C22H19Cl2N3O5. The summed E-state index contributed by atoms with van der Waals surface area (Å²) in [5, 5.41) is 5.74. The van der Waals surface area contributed by atoms with Crippen LogP contribution in [0.4, 0.5) is 10.6 Å². The van der Waals surface area contributed by atoms with Crippen LogP contribution in [0, 0.1) is 0 Å². The summed E-state index contributed by atoms with van der Waals surface area (Å²) in [6, 6.07) is 12.4. The van der Waals surface area contributed by atoms with E-state index in [2.05, 4.69) is 15.6 Å². The van der Waals surface area contributed by atoms with Crippen molar-refractivity contribution in [2.75, 3.05) is 19.5 Å². The lowest BCUT2D eigenvalue weighted by Gasteiger charge is -2.13. The highest BCUT2D eigenvalue weighted by Crippen LogP contribution is 2.28. The Balaban J connectivity index is 1.58. The number of carbonyl (C=O) groups is 2. The molecule has 0 aliphatic carbocycles. The number of nitrogens with zero attached hydrogens (tertiary/aromatic N) is 1. The number of urea groups is 1. The zero-order valence-electron chi connectivity index (χ0n) is 17.1. The fourth-order valence-electron chi connectivity index (χ4n) is 2.73. The maximum absolute atomic E-state index is 12.5. The van der Waals surface area contributed by atoms with Crippen LogP contribution in [0.5, 0.6) is 17.2 Å². The summed E-state index contributed by atoms with van der Waals surface area (Å²) in [6.07, 6.45) is 1.44. The van der Waals surface area contributed by atoms with Crippen molar-refractivity contribution in [3.8, 4) is 17.2 Å². The summed E-state index contributed by atoms with van der Waals surface area (Å²) in [7, 11) is 2.83. The molecule has 0 radical (unpaired) electrons. The Morgan fingerprint density at radius 1 is 1.00 bits per heavy atom. The molecule has 10 heteroatoms. The largest absolute Gasteiger partial charge is 0.496 e. The summed E-state index contributed by atoms with van der Waals surface area (Å²) in [5.74, 6) is 0.553. The Kier molecular flexibility index (Phi) is 7.75. The SMILES string of the molecule is COc1cccc(OC)c1C(=O)NC(=O)Nc1ccc(OCc2ccc(Cl)cc2Cl)cn1. The molecule has 0 bridgehead atoms. The maximum atomic E-state index is 12.5. The first kappa shape index (κ1) is 23.2. The van der Waals surface area contributed by atoms with Crippen molar-refractivity contribution in [2.24, 2.45) is 0 Å². The second-order valence-corrected chi connectivity index (χ2v) is 7.19. The van der Waals surface area contributed by atoms with E-state index in [1.54, 1.807) is 42.5 Å². The molecule has 8 nitrogen and oxygen atoms in total. The number of pyridine rings is 1. The molecule has 3 rings (SSSR count). The zero-order valence-corrected chi connectivity index (χ0v) is 18.7. The van der Waals surface area contributed by atoms with Crippen LogP contribution < -0.4 is 24.8 Å². The standard InChI is InChI=1S/C22H19Cl2N3O5/c1-30-17-4-3-5-18(31-2)20(17)21(28)27-22(29)26-19-9-8-15(11-25-19)32-12-13-6-7-14(23)10-16(13)24/h3-11H,12H2,1-2H3,(H2,25,26,27,28,29). The monoisotopic (exact) mass is 475 g/mol. The lowest BCUT2D eigenvalue weighted by molar-refractivity contribution is 0.0961. The van der Waals surface area contributed by atoms with Crippen LogP contribution in [-0.2, 0) is 6.61 Å². The minimum absolute atomic E-state index is 0.102. The Morgan fingerprint density at radius 2 is 1.72 bits per heavy atom. The molecule has 166 valence electrons. The van der Waals surface area contributed by atoms with E-state index in [4.69, 9.17) is 37.4 Å². The third kappa shape index (κ3) is 5.81. The fourth-order valence-corrected chi connectivity index (χ4v) is 3.19. The molecule has 32 heavy (non-hydrogen) atoms. The smallest absolute Gasteiger partial charge is 0.327 e. The van der Waals surface area contributed by atoms with E-state index in [9.17, 15) is 9.59 Å². The molecule has 0 spiro atoms. The third-order valence-corrected chi connectivity index (χ3v) is 4.86. The molecule has 2 aromatic carbocycles. The molecule has 0 unspecified atom stereocenters. The van der Waals surface area contributed by atoms with Gasteiger partial charge in [0.1, 0.15) is 35.2 Å². The van der Waals surface area contributed by atoms with Crippen molar-refractivity contribution >= 4 is 41.0 Å². The number of methoxy groups -OCH3 is 2. The Morgan fingerprint density at radius 3 is 2.31 bits per heavy atom. The summed E-state index contributed by atoms with van der Waals surface area (Å²) in [4.78, 5) is 28.9. The topological polar surface area (TPSA) is 98.8 Å². The van der Waals surface area contributed by atoms with Crippen LogP contribution in [-0.4, -0.2) is 31.1 Å². The second-order valence-electron chi connectivity index (χ2n) is 6.35. The number of nitrogens with one attached hydrogen (secondary N) is 2. The molecule has 1 aromatic heterocycles. The normalized spacial score (nSPS) is 10.2. The maximum Gasteiger partial charge on any atom is 0.327 e. The van der Waals surface area contributed by atoms with Crippen LogP contribution in [0.2, 0.25) is 10.0 Å². The van der Waals surface area contributed by atoms with E-state index in [0.29, 0.717) is 15.8 Å². The minimum Gasteiger partial charge on any atom is -0.496 e. The van der Waals surface area contributed by atoms with E-state index in [-0.39, 0.29) is 29.5 Å². The van der Waals surface area contributed by atoms with Gasteiger partial charge in [0, 0.05) is 15.6 Å². The molecule has 0 saturated heterocycles. The molecule has 0 fully saturated rings. The number of carbonyl (C=O) groups excluding carboxylic acids is 2. The highest BCUT2D eigenvalue weighted by atomic mass is 35.5. The van der Waals surface area contributed by atoms with Gasteiger partial charge in [-0.3, -0.25) is 15.4 Å². The van der Waals surface area contributed by atoms with Gasteiger partial charge in [-0.1, -0.05) is 35.3 Å². The molecule has 1 heterocycles. The average Bonchev–Trinajstić information content (AvgIpc) is 2.78. The molecule has 3 aromatic rings. The van der Waals surface area contributed by atoms with Crippen molar-refractivity contribution < 1.29 is 23.8 Å². The van der Waals surface area contributed by atoms with E-state index in [0.717, 1.165) is 5.56 Å². The van der Waals surface area contributed by atoms with Gasteiger partial charge in [0.25, 0.3) is 5.91 Å². The first-order valence-electron chi connectivity index (χ1n) is 9.27. The van der Waals surface area contributed by atoms with Crippen molar-refractivity contribution in [1.82, 2.24) is 10.3 Å². The lowest BCUT2D eigenvalue weighted by Crippen LogP contribution is -2.35. The van der Waals surface area contributed by atoms with E-state index < -0.39 is 11.9 Å². The molecule has 2 N–H and O–H groups in total. The van der Waals surface area contributed by atoms with Crippen molar-refractivity contribution in [2.45, 2.75) is 6.61 Å². The van der Waals surface area contributed by atoms with Crippen LogP contribution in [0.15, 0.2) is 54.7 Å². The van der Waals surface area contributed by atoms with E-state index in [1.165, 1.54) is 26.5 Å². The van der Waals surface area contributed by atoms with Gasteiger partial charge in [-0.05, 0) is 36.4 Å².